The number of Topliss-reactive ketones (excluding diaryl/α,β-unsaturated/α-hetero) is 1. The summed E-state index contributed by atoms with van der Waals surface area (Å²) in [4.78, 5) is 22.6. The molecule has 0 spiro atoms. The molecule has 0 heterocycles. The Balaban J connectivity index is 3.19. The molecule has 0 unspecified atom stereocenters. The number of halogens is 2. The van der Waals surface area contributed by atoms with Gasteiger partial charge >= 0.3 is 0 Å². The lowest BCUT2D eigenvalue weighted by Crippen LogP contribution is -2.25. The van der Waals surface area contributed by atoms with Crippen molar-refractivity contribution < 1.29 is 18.5 Å². The van der Waals surface area contributed by atoms with Crippen molar-refractivity contribution in [3.63, 3.8) is 0 Å². The van der Waals surface area contributed by atoms with E-state index in [2.05, 4.69) is 0 Å². The lowest BCUT2D eigenvalue weighted by molar-refractivity contribution is -0.384. The molecule has 0 atom stereocenters. The normalized spacial score (nSPS) is 10.5. The predicted molar refractivity (Wildman–Crippen MR) is 62.4 cm³/mol. The van der Waals surface area contributed by atoms with Gasteiger partial charge in [-0.1, -0.05) is 0 Å². The summed E-state index contributed by atoms with van der Waals surface area (Å²) in [5.41, 5.74) is 0.0788. The molecule has 1 aromatic carbocycles. The van der Waals surface area contributed by atoms with Crippen LogP contribution in [0.4, 0.5) is 20.2 Å². The quantitative estimate of drug-likeness (QED) is 0.462. The zero-order valence-electron chi connectivity index (χ0n) is 9.89. The Hall–Kier alpha value is -2.05. The average molecular weight is 258 g/mol. The topological polar surface area (TPSA) is 63.4 Å². The number of hydrogen-bond acceptors (Lipinski definition) is 4. The van der Waals surface area contributed by atoms with Crippen LogP contribution >= 0.6 is 0 Å². The Morgan fingerprint density at radius 3 is 2.56 bits per heavy atom. The monoisotopic (exact) mass is 258 g/mol. The van der Waals surface area contributed by atoms with Crippen LogP contribution in [-0.2, 0) is 0 Å². The van der Waals surface area contributed by atoms with Crippen LogP contribution in [0.2, 0.25) is 0 Å². The van der Waals surface area contributed by atoms with Crippen LogP contribution in [0.5, 0.6) is 0 Å². The van der Waals surface area contributed by atoms with Gasteiger partial charge in [0.05, 0.1) is 11.5 Å². The minimum atomic E-state index is -2.55. The highest BCUT2D eigenvalue weighted by atomic mass is 19.3. The van der Waals surface area contributed by atoms with Crippen LogP contribution in [0.15, 0.2) is 18.2 Å². The lowest BCUT2D eigenvalue weighted by Gasteiger charge is -2.20. The maximum atomic E-state index is 12.3. The highest BCUT2D eigenvalue weighted by molar-refractivity contribution is 6.00. The van der Waals surface area contributed by atoms with Gasteiger partial charge in [0.15, 0.2) is 5.78 Å². The Bertz CT molecular complexity index is 477. The molecular formula is C11H12F2N2O3. The van der Waals surface area contributed by atoms with E-state index in [0.717, 1.165) is 6.07 Å². The minimum Gasteiger partial charge on any atom is -0.368 e. The summed E-state index contributed by atoms with van der Waals surface area (Å²) < 4.78 is 24.6. The van der Waals surface area contributed by atoms with Crippen LogP contribution < -0.4 is 4.90 Å². The summed E-state index contributed by atoms with van der Waals surface area (Å²) in [5.74, 6) is -0.408. The molecule has 7 heteroatoms. The zero-order valence-corrected chi connectivity index (χ0v) is 9.89. The number of alkyl halides is 2. The SMILES string of the molecule is CC(=O)c1cc([N+](=O)[O-])ccc1N(C)CC(F)F. The van der Waals surface area contributed by atoms with Gasteiger partial charge in [0, 0.05) is 30.4 Å². The van der Waals surface area contributed by atoms with Crippen LogP contribution in [0.3, 0.4) is 0 Å². The van der Waals surface area contributed by atoms with E-state index in [4.69, 9.17) is 0 Å². The Kier molecular flexibility index (Phi) is 4.30. The van der Waals surface area contributed by atoms with Crippen molar-refractivity contribution in [2.75, 3.05) is 18.5 Å². The van der Waals surface area contributed by atoms with E-state index in [1.54, 1.807) is 0 Å². The third kappa shape index (κ3) is 3.22. The number of carbonyl (C=O) groups is 1. The van der Waals surface area contributed by atoms with Gasteiger partial charge in [0.25, 0.3) is 12.1 Å². The van der Waals surface area contributed by atoms with Gasteiger partial charge in [-0.25, -0.2) is 8.78 Å². The first-order chi connectivity index (χ1) is 8.32. The summed E-state index contributed by atoms with van der Waals surface area (Å²) in [6.07, 6.45) is -2.55. The summed E-state index contributed by atoms with van der Waals surface area (Å²) in [5, 5.41) is 10.6. The number of nitro groups is 1. The van der Waals surface area contributed by atoms with Crippen LogP contribution in [0.25, 0.3) is 0 Å². The molecule has 0 N–H and O–H groups in total. The molecule has 0 fully saturated rings. The molecule has 5 nitrogen and oxygen atoms in total. The number of non-ortho nitro benzene ring substituents is 1. The van der Waals surface area contributed by atoms with Gasteiger partial charge in [-0.05, 0) is 13.0 Å². The summed E-state index contributed by atoms with van der Waals surface area (Å²) in [6.45, 7) is 0.691. The summed E-state index contributed by atoms with van der Waals surface area (Å²) in [7, 11) is 1.40. The molecule has 1 aromatic rings. The minimum absolute atomic E-state index is 0.0624. The first-order valence-corrected chi connectivity index (χ1v) is 5.11. The maximum absolute atomic E-state index is 12.3. The fourth-order valence-electron chi connectivity index (χ4n) is 1.56. The van der Waals surface area contributed by atoms with E-state index in [-0.39, 0.29) is 16.9 Å². The van der Waals surface area contributed by atoms with E-state index < -0.39 is 23.7 Å². The van der Waals surface area contributed by atoms with Crippen LogP contribution in [0, 0.1) is 10.1 Å². The molecule has 18 heavy (non-hydrogen) atoms. The molecule has 0 saturated heterocycles. The smallest absolute Gasteiger partial charge is 0.270 e. The summed E-state index contributed by atoms with van der Waals surface area (Å²) in [6, 6.07) is 3.58. The van der Waals surface area contributed by atoms with Gasteiger partial charge in [0.1, 0.15) is 0 Å². The van der Waals surface area contributed by atoms with Crippen molar-refractivity contribution in [1.29, 1.82) is 0 Å². The van der Waals surface area contributed by atoms with E-state index in [1.807, 2.05) is 0 Å². The number of ketones is 1. The van der Waals surface area contributed by atoms with E-state index >= 15 is 0 Å². The molecule has 0 aliphatic carbocycles. The number of nitro benzene ring substituents is 1. The van der Waals surface area contributed by atoms with Crippen molar-refractivity contribution >= 4 is 17.2 Å². The van der Waals surface area contributed by atoms with Crippen molar-refractivity contribution in [2.24, 2.45) is 0 Å². The van der Waals surface area contributed by atoms with Crippen molar-refractivity contribution in [3.8, 4) is 0 Å². The second-order valence-electron chi connectivity index (χ2n) is 3.79. The molecule has 98 valence electrons. The molecule has 0 amide bonds. The Morgan fingerprint density at radius 2 is 2.11 bits per heavy atom. The van der Waals surface area contributed by atoms with Crippen molar-refractivity contribution in [2.45, 2.75) is 13.3 Å². The number of carbonyl (C=O) groups excluding carboxylic acids is 1. The highest BCUT2D eigenvalue weighted by Gasteiger charge is 2.18. The van der Waals surface area contributed by atoms with E-state index in [0.29, 0.717) is 0 Å². The molecular weight excluding hydrogens is 246 g/mol. The zero-order chi connectivity index (χ0) is 13.9. The number of rotatable bonds is 5. The molecule has 0 aliphatic heterocycles. The molecule has 0 bridgehead atoms. The van der Waals surface area contributed by atoms with Gasteiger partial charge in [-0.15, -0.1) is 0 Å². The predicted octanol–water partition coefficient (Wildman–Crippen LogP) is 2.50. The fraction of sp³-hybridized carbons (Fsp3) is 0.364. The van der Waals surface area contributed by atoms with Crippen molar-refractivity contribution in [1.82, 2.24) is 0 Å². The highest BCUT2D eigenvalue weighted by Crippen LogP contribution is 2.25. The molecule has 0 saturated carbocycles. The Labute approximate surface area is 102 Å². The lowest BCUT2D eigenvalue weighted by atomic mass is 10.1. The van der Waals surface area contributed by atoms with E-state index in [9.17, 15) is 23.7 Å². The number of nitrogens with zero attached hydrogens (tertiary/aromatic N) is 2. The third-order valence-corrected chi connectivity index (χ3v) is 2.39. The van der Waals surface area contributed by atoms with E-state index in [1.165, 1.54) is 31.0 Å². The van der Waals surface area contributed by atoms with Crippen LogP contribution in [0.1, 0.15) is 17.3 Å². The van der Waals surface area contributed by atoms with Crippen LogP contribution in [-0.4, -0.2) is 30.7 Å². The molecule has 0 aromatic heterocycles. The fourth-order valence-corrected chi connectivity index (χ4v) is 1.56. The molecule has 0 aliphatic rings. The number of benzene rings is 1. The standard InChI is InChI=1S/C11H12F2N2O3/c1-7(16)9-5-8(15(17)18)3-4-10(9)14(2)6-11(12)13/h3-5,11H,6H2,1-2H3. The second-order valence-corrected chi connectivity index (χ2v) is 3.79. The third-order valence-electron chi connectivity index (χ3n) is 2.39. The first kappa shape index (κ1) is 14.0. The molecule has 0 radical (unpaired) electrons. The maximum Gasteiger partial charge on any atom is 0.270 e. The van der Waals surface area contributed by atoms with Gasteiger partial charge in [-0.2, -0.15) is 0 Å². The number of anilines is 1. The largest absolute Gasteiger partial charge is 0.368 e. The van der Waals surface area contributed by atoms with Gasteiger partial charge in [-0.3, -0.25) is 14.9 Å². The first-order valence-electron chi connectivity index (χ1n) is 5.11. The van der Waals surface area contributed by atoms with Crippen molar-refractivity contribution in [3.05, 3.63) is 33.9 Å². The van der Waals surface area contributed by atoms with Gasteiger partial charge < -0.3 is 4.90 Å². The average Bonchev–Trinajstić information content (AvgIpc) is 2.26. The summed E-state index contributed by atoms with van der Waals surface area (Å²) >= 11 is 0. The number of hydrogen-bond donors (Lipinski definition) is 0. The molecule has 1 rings (SSSR count). The Morgan fingerprint density at radius 1 is 1.50 bits per heavy atom. The van der Waals surface area contributed by atoms with Gasteiger partial charge in [0.2, 0.25) is 0 Å². The second kappa shape index (κ2) is 5.52.